The smallest absolute Gasteiger partial charge is 0.166 e. The number of aliphatic hydroxyl groups excluding tert-OH is 1. The van der Waals surface area contributed by atoms with Crippen LogP contribution in [0.4, 0.5) is 0 Å². The van der Waals surface area contributed by atoms with Gasteiger partial charge in [-0.3, -0.25) is 0 Å². The molecule has 4 nitrogen and oxygen atoms in total. The zero-order valence-corrected chi connectivity index (χ0v) is 12.9. The fraction of sp³-hybridized carbons (Fsp3) is 0.529. The fourth-order valence-electron chi connectivity index (χ4n) is 3.71. The molecule has 1 aromatic carbocycles. The highest BCUT2D eigenvalue weighted by Gasteiger charge is 2.51. The van der Waals surface area contributed by atoms with Crippen LogP contribution in [0.5, 0.6) is 11.5 Å². The molecular formula is C17H24NO3+. The predicted octanol–water partition coefficient (Wildman–Crippen LogP) is 0.907. The minimum absolute atomic E-state index is 0.0116. The Morgan fingerprint density at radius 3 is 3.00 bits per heavy atom. The molecule has 0 amide bonds. The van der Waals surface area contributed by atoms with Gasteiger partial charge in [0.25, 0.3) is 0 Å². The zero-order chi connectivity index (χ0) is 15.0. The van der Waals surface area contributed by atoms with Crippen molar-refractivity contribution in [1.29, 1.82) is 0 Å². The molecule has 0 saturated carbocycles. The summed E-state index contributed by atoms with van der Waals surface area (Å²) < 4.78 is 11.7. The number of ether oxygens (including phenoxy) is 2. The Bertz CT molecular complexity index is 569. The Labute approximate surface area is 125 Å². The molecule has 3 atom stereocenters. The monoisotopic (exact) mass is 290 g/mol. The van der Waals surface area contributed by atoms with Crippen molar-refractivity contribution in [3.8, 4) is 11.5 Å². The minimum atomic E-state index is -0.422. The molecule has 114 valence electrons. The number of hydrogen-bond donors (Lipinski definition) is 2. The third-order valence-corrected chi connectivity index (χ3v) is 4.77. The van der Waals surface area contributed by atoms with E-state index in [1.54, 1.807) is 7.11 Å². The number of aryl methyl sites for hydroxylation is 1. The quantitative estimate of drug-likeness (QED) is 0.810. The highest BCUT2D eigenvalue weighted by Crippen LogP contribution is 2.54. The van der Waals surface area contributed by atoms with Crippen molar-refractivity contribution in [3.63, 3.8) is 0 Å². The van der Waals surface area contributed by atoms with Gasteiger partial charge in [-0.15, -0.1) is 0 Å². The summed E-state index contributed by atoms with van der Waals surface area (Å²) in [6.07, 6.45) is 5.28. The Morgan fingerprint density at radius 1 is 1.48 bits per heavy atom. The summed E-state index contributed by atoms with van der Waals surface area (Å²) in [5, 5.41) is 12.2. The van der Waals surface area contributed by atoms with Gasteiger partial charge in [-0.1, -0.05) is 18.2 Å². The molecule has 0 radical (unpaired) electrons. The molecule has 1 aromatic rings. The number of hydrogen-bond acceptors (Lipinski definition) is 3. The molecule has 1 aliphatic carbocycles. The summed E-state index contributed by atoms with van der Waals surface area (Å²) in [7, 11) is 3.76. The second-order valence-electron chi connectivity index (χ2n) is 6.04. The van der Waals surface area contributed by atoms with Crippen molar-refractivity contribution in [2.45, 2.75) is 37.4 Å². The standard InChI is InChI=1S/C17H23NO3/c1-11-4-5-13(20-3)16-15(11)17(8-9-18-2)7-6-12(19)10-14(17)21-16/h4-7,12,14,18-19H,8-10H2,1-3H3/p+1/t12-,14-,17-/m1/s1. The van der Waals surface area contributed by atoms with Gasteiger partial charge in [-0.05, 0) is 18.6 Å². The normalized spacial score (nSPS) is 29.7. The maximum absolute atomic E-state index is 9.97. The van der Waals surface area contributed by atoms with Crippen molar-refractivity contribution in [3.05, 3.63) is 35.4 Å². The van der Waals surface area contributed by atoms with Crippen LogP contribution in [0.2, 0.25) is 0 Å². The molecule has 3 rings (SSSR count). The highest BCUT2D eigenvalue weighted by molar-refractivity contribution is 5.60. The van der Waals surface area contributed by atoms with Gasteiger partial charge in [-0.2, -0.15) is 0 Å². The van der Waals surface area contributed by atoms with Gasteiger partial charge in [0.05, 0.1) is 32.2 Å². The lowest BCUT2D eigenvalue weighted by molar-refractivity contribution is -0.628. The number of nitrogens with two attached hydrogens (primary N) is 1. The van der Waals surface area contributed by atoms with Crippen LogP contribution in [0, 0.1) is 6.92 Å². The SMILES string of the molecule is C[NH2+]CC[C@]12C=C[C@@H](O)C[C@H]1Oc1c(OC)ccc(C)c12. The number of benzene rings is 1. The van der Waals surface area contributed by atoms with Crippen LogP contribution in [0.1, 0.15) is 24.0 Å². The number of aliphatic hydroxyl groups is 1. The maximum Gasteiger partial charge on any atom is 0.166 e. The maximum atomic E-state index is 9.97. The van der Waals surface area contributed by atoms with Crippen molar-refractivity contribution >= 4 is 0 Å². The molecule has 1 aliphatic heterocycles. The first-order chi connectivity index (χ1) is 10.1. The third-order valence-electron chi connectivity index (χ3n) is 4.77. The topological polar surface area (TPSA) is 55.3 Å². The highest BCUT2D eigenvalue weighted by atomic mass is 16.5. The van der Waals surface area contributed by atoms with Gasteiger partial charge in [-0.25, -0.2) is 0 Å². The Kier molecular flexibility index (Phi) is 3.68. The Hall–Kier alpha value is -1.52. The molecule has 3 N–H and O–H groups in total. The number of quaternary nitrogens is 1. The van der Waals surface area contributed by atoms with Gasteiger partial charge in [0.2, 0.25) is 0 Å². The molecule has 0 spiro atoms. The van der Waals surface area contributed by atoms with Crippen LogP contribution < -0.4 is 14.8 Å². The largest absolute Gasteiger partial charge is 0.493 e. The number of rotatable bonds is 4. The number of methoxy groups -OCH3 is 1. The fourth-order valence-corrected chi connectivity index (χ4v) is 3.71. The van der Waals surface area contributed by atoms with Gasteiger partial charge < -0.3 is 19.9 Å². The van der Waals surface area contributed by atoms with Crippen LogP contribution >= 0.6 is 0 Å². The van der Waals surface area contributed by atoms with Gasteiger partial charge >= 0.3 is 0 Å². The van der Waals surface area contributed by atoms with Crippen molar-refractivity contribution < 1.29 is 19.9 Å². The first kappa shape index (κ1) is 14.4. The molecule has 0 fully saturated rings. The van der Waals surface area contributed by atoms with Crippen LogP contribution in [-0.4, -0.2) is 38.0 Å². The molecule has 0 saturated heterocycles. The second-order valence-corrected chi connectivity index (χ2v) is 6.04. The van der Waals surface area contributed by atoms with E-state index in [0.29, 0.717) is 6.42 Å². The Balaban J connectivity index is 2.15. The van der Waals surface area contributed by atoms with Gasteiger partial charge in [0, 0.05) is 18.4 Å². The van der Waals surface area contributed by atoms with Crippen LogP contribution in [0.15, 0.2) is 24.3 Å². The van der Waals surface area contributed by atoms with Crippen molar-refractivity contribution in [1.82, 2.24) is 0 Å². The first-order valence-corrected chi connectivity index (χ1v) is 7.62. The molecule has 2 aliphatic rings. The molecule has 0 bridgehead atoms. The average Bonchev–Trinajstić information content (AvgIpc) is 2.81. The molecule has 0 aromatic heterocycles. The van der Waals surface area contributed by atoms with Crippen molar-refractivity contribution in [2.75, 3.05) is 20.7 Å². The molecule has 4 heteroatoms. The van der Waals surface area contributed by atoms with E-state index in [4.69, 9.17) is 9.47 Å². The summed E-state index contributed by atoms with van der Waals surface area (Å²) in [4.78, 5) is 0. The lowest BCUT2D eigenvalue weighted by atomic mass is 9.68. The van der Waals surface area contributed by atoms with E-state index >= 15 is 0 Å². The number of fused-ring (bicyclic) bond motifs is 3. The van der Waals surface area contributed by atoms with Crippen LogP contribution in [0.3, 0.4) is 0 Å². The summed E-state index contributed by atoms with van der Waals surface area (Å²) in [6, 6.07) is 4.06. The van der Waals surface area contributed by atoms with E-state index < -0.39 is 6.10 Å². The van der Waals surface area contributed by atoms with Crippen LogP contribution in [-0.2, 0) is 5.41 Å². The third kappa shape index (κ3) is 2.14. The summed E-state index contributed by atoms with van der Waals surface area (Å²) in [5.41, 5.74) is 2.32. The zero-order valence-electron chi connectivity index (χ0n) is 12.9. The van der Waals surface area contributed by atoms with E-state index in [1.165, 1.54) is 11.1 Å². The lowest BCUT2D eigenvalue weighted by Crippen LogP contribution is -2.80. The van der Waals surface area contributed by atoms with E-state index in [2.05, 4.69) is 31.4 Å². The van der Waals surface area contributed by atoms with E-state index in [-0.39, 0.29) is 11.5 Å². The van der Waals surface area contributed by atoms with Crippen LogP contribution in [0.25, 0.3) is 0 Å². The Morgan fingerprint density at radius 2 is 2.29 bits per heavy atom. The van der Waals surface area contributed by atoms with Crippen molar-refractivity contribution in [2.24, 2.45) is 0 Å². The molecule has 21 heavy (non-hydrogen) atoms. The molecule has 0 unspecified atom stereocenters. The lowest BCUT2D eigenvalue weighted by Gasteiger charge is -2.35. The average molecular weight is 290 g/mol. The van der Waals surface area contributed by atoms with E-state index in [9.17, 15) is 5.11 Å². The first-order valence-electron chi connectivity index (χ1n) is 7.62. The summed E-state index contributed by atoms with van der Waals surface area (Å²) >= 11 is 0. The molecular weight excluding hydrogens is 266 g/mol. The molecule has 1 heterocycles. The van der Waals surface area contributed by atoms with E-state index in [1.807, 2.05) is 12.1 Å². The summed E-state index contributed by atoms with van der Waals surface area (Å²) in [5.74, 6) is 1.64. The van der Waals surface area contributed by atoms with Gasteiger partial charge in [0.15, 0.2) is 11.5 Å². The minimum Gasteiger partial charge on any atom is -0.493 e. The van der Waals surface area contributed by atoms with E-state index in [0.717, 1.165) is 24.5 Å². The second kappa shape index (κ2) is 5.35. The van der Waals surface area contributed by atoms with Gasteiger partial charge in [0.1, 0.15) is 6.10 Å². The summed E-state index contributed by atoms with van der Waals surface area (Å²) in [6.45, 7) is 3.15. The predicted molar refractivity (Wildman–Crippen MR) is 80.9 cm³/mol.